The maximum Gasteiger partial charge on any atom is 0.253 e. The van der Waals surface area contributed by atoms with Crippen molar-refractivity contribution in [3.05, 3.63) is 71.3 Å². The highest BCUT2D eigenvalue weighted by molar-refractivity contribution is 5.94. The predicted octanol–water partition coefficient (Wildman–Crippen LogP) is 3.90. The molecule has 1 atom stereocenters. The molecule has 1 heterocycles. The SMILES string of the molecule is CCN1CCN(C(c2ccccc2)c2ccc(C(=O)N(CC)CC)cc2)CC1. The van der Waals surface area contributed by atoms with E-state index in [0.29, 0.717) is 0 Å². The second-order valence-electron chi connectivity index (χ2n) is 7.38. The van der Waals surface area contributed by atoms with E-state index in [-0.39, 0.29) is 11.9 Å². The number of carbonyl (C=O) groups is 1. The molecule has 28 heavy (non-hydrogen) atoms. The maximum atomic E-state index is 12.6. The minimum atomic E-state index is 0.115. The summed E-state index contributed by atoms with van der Waals surface area (Å²) in [6.07, 6.45) is 0. The summed E-state index contributed by atoms with van der Waals surface area (Å²) in [6.45, 7) is 13.2. The third kappa shape index (κ3) is 4.62. The highest BCUT2D eigenvalue weighted by Crippen LogP contribution is 2.30. The molecule has 1 fully saturated rings. The van der Waals surface area contributed by atoms with Gasteiger partial charge in [0.2, 0.25) is 0 Å². The van der Waals surface area contributed by atoms with Crippen molar-refractivity contribution < 1.29 is 4.79 Å². The first-order chi connectivity index (χ1) is 13.7. The maximum absolute atomic E-state index is 12.6. The number of likely N-dealkylation sites (N-methyl/N-ethyl adjacent to an activating group) is 1. The molecule has 2 aromatic rings. The molecule has 1 aliphatic heterocycles. The van der Waals surface area contributed by atoms with Crippen molar-refractivity contribution in [2.45, 2.75) is 26.8 Å². The Morgan fingerprint density at radius 3 is 1.96 bits per heavy atom. The van der Waals surface area contributed by atoms with Crippen molar-refractivity contribution in [3.8, 4) is 0 Å². The van der Waals surface area contributed by atoms with Crippen LogP contribution >= 0.6 is 0 Å². The molecule has 1 amide bonds. The molecule has 150 valence electrons. The van der Waals surface area contributed by atoms with Crippen molar-refractivity contribution in [1.29, 1.82) is 0 Å². The fraction of sp³-hybridized carbons (Fsp3) is 0.458. The van der Waals surface area contributed by atoms with E-state index in [2.05, 4.69) is 59.2 Å². The Labute approximate surface area is 169 Å². The quantitative estimate of drug-likeness (QED) is 0.730. The van der Waals surface area contributed by atoms with E-state index in [4.69, 9.17) is 0 Å². The number of benzene rings is 2. The fourth-order valence-electron chi connectivity index (χ4n) is 4.09. The first-order valence-corrected chi connectivity index (χ1v) is 10.6. The molecule has 0 spiro atoms. The van der Waals surface area contributed by atoms with E-state index in [0.717, 1.165) is 51.4 Å². The van der Waals surface area contributed by atoms with E-state index in [1.54, 1.807) is 0 Å². The standard InChI is InChI=1S/C24H33N3O/c1-4-25-16-18-27(19-17-25)23(20-10-8-7-9-11-20)21-12-14-22(15-13-21)24(28)26(5-2)6-3/h7-15,23H,4-6,16-19H2,1-3H3. The van der Waals surface area contributed by atoms with Gasteiger partial charge in [0.1, 0.15) is 0 Å². The average molecular weight is 380 g/mol. The zero-order chi connectivity index (χ0) is 19.9. The number of hydrogen-bond acceptors (Lipinski definition) is 3. The van der Waals surface area contributed by atoms with Gasteiger partial charge in [-0.2, -0.15) is 0 Å². The molecule has 0 aliphatic carbocycles. The number of rotatable bonds is 7. The van der Waals surface area contributed by atoms with Crippen LogP contribution in [0, 0.1) is 0 Å². The molecule has 1 aliphatic rings. The summed E-state index contributed by atoms with van der Waals surface area (Å²) < 4.78 is 0. The van der Waals surface area contributed by atoms with Crippen molar-refractivity contribution in [2.75, 3.05) is 45.8 Å². The van der Waals surface area contributed by atoms with Gasteiger partial charge in [0.25, 0.3) is 5.91 Å². The number of carbonyl (C=O) groups excluding carboxylic acids is 1. The van der Waals surface area contributed by atoms with E-state index in [9.17, 15) is 4.79 Å². The van der Waals surface area contributed by atoms with Crippen molar-refractivity contribution in [1.82, 2.24) is 14.7 Å². The molecule has 4 nitrogen and oxygen atoms in total. The zero-order valence-electron chi connectivity index (χ0n) is 17.5. The van der Waals surface area contributed by atoms with E-state index in [1.165, 1.54) is 11.1 Å². The van der Waals surface area contributed by atoms with Gasteiger partial charge in [-0.15, -0.1) is 0 Å². The molecule has 0 N–H and O–H groups in total. The van der Waals surface area contributed by atoms with Crippen LogP contribution in [-0.4, -0.2) is 66.4 Å². The van der Waals surface area contributed by atoms with Crippen LogP contribution in [0.2, 0.25) is 0 Å². The molecule has 3 rings (SSSR count). The van der Waals surface area contributed by atoms with Crippen LogP contribution < -0.4 is 0 Å². The Kier molecular flexibility index (Phi) is 7.24. The molecule has 0 aromatic heterocycles. The Morgan fingerprint density at radius 1 is 0.857 bits per heavy atom. The third-order valence-electron chi connectivity index (χ3n) is 5.86. The smallest absolute Gasteiger partial charge is 0.253 e. The largest absolute Gasteiger partial charge is 0.339 e. The summed E-state index contributed by atoms with van der Waals surface area (Å²) >= 11 is 0. The van der Waals surface area contributed by atoms with E-state index in [1.807, 2.05) is 30.9 Å². The normalized spacial score (nSPS) is 16.7. The summed E-state index contributed by atoms with van der Waals surface area (Å²) in [5, 5.41) is 0. The highest BCUT2D eigenvalue weighted by atomic mass is 16.2. The lowest BCUT2D eigenvalue weighted by molar-refractivity contribution is 0.0773. The number of nitrogens with zero attached hydrogens (tertiary/aromatic N) is 3. The molecule has 2 aromatic carbocycles. The molecular weight excluding hydrogens is 346 g/mol. The second kappa shape index (κ2) is 9.85. The minimum absolute atomic E-state index is 0.115. The lowest BCUT2D eigenvalue weighted by Crippen LogP contribution is -2.47. The molecule has 0 bridgehead atoms. The number of piperazine rings is 1. The van der Waals surface area contributed by atoms with Crippen LogP contribution in [0.4, 0.5) is 0 Å². The van der Waals surface area contributed by atoms with E-state index < -0.39 is 0 Å². The second-order valence-corrected chi connectivity index (χ2v) is 7.38. The van der Waals surface area contributed by atoms with Gasteiger partial charge in [-0.05, 0) is 43.7 Å². The predicted molar refractivity (Wildman–Crippen MR) is 116 cm³/mol. The topological polar surface area (TPSA) is 26.8 Å². The molecule has 1 saturated heterocycles. The van der Waals surface area contributed by atoms with Gasteiger partial charge in [-0.25, -0.2) is 0 Å². The zero-order valence-corrected chi connectivity index (χ0v) is 17.5. The van der Waals surface area contributed by atoms with Gasteiger partial charge in [-0.1, -0.05) is 49.4 Å². The lowest BCUT2D eigenvalue weighted by atomic mass is 9.95. The van der Waals surface area contributed by atoms with Gasteiger partial charge in [0.05, 0.1) is 6.04 Å². The van der Waals surface area contributed by atoms with Crippen LogP contribution in [0.25, 0.3) is 0 Å². The minimum Gasteiger partial charge on any atom is -0.339 e. The molecule has 1 unspecified atom stereocenters. The van der Waals surface area contributed by atoms with Crippen LogP contribution in [0.15, 0.2) is 54.6 Å². The van der Waals surface area contributed by atoms with Crippen LogP contribution in [0.3, 0.4) is 0 Å². The van der Waals surface area contributed by atoms with Gasteiger partial charge >= 0.3 is 0 Å². The van der Waals surface area contributed by atoms with Gasteiger partial charge < -0.3 is 9.80 Å². The first kappa shape index (κ1) is 20.6. The van der Waals surface area contributed by atoms with Crippen LogP contribution in [-0.2, 0) is 0 Å². The summed E-state index contributed by atoms with van der Waals surface area (Å²) in [5.74, 6) is 0.115. The summed E-state index contributed by atoms with van der Waals surface area (Å²) in [7, 11) is 0. The number of amides is 1. The Hall–Kier alpha value is -2.17. The van der Waals surface area contributed by atoms with Gasteiger partial charge in [0, 0.05) is 44.8 Å². The third-order valence-corrected chi connectivity index (χ3v) is 5.86. The first-order valence-electron chi connectivity index (χ1n) is 10.6. The average Bonchev–Trinajstić information content (AvgIpc) is 2.76. The Balaban J connectivity index is 1.85. The van der Waals surface area contributed by atoms with Gasteiger partial charge in [-0.3, -0.25) is 9.69 Å². The van der Waals surface area contributed by atoms with Crippen LogP contribution in [0.1, 0.15) is 48.3 Å². The van der Waals surface area contributed by atoms with Crippen molar-refractivity contribution >= 4 is 5.91 Å². The van der Waals surface area contributed by atoms with Gasteiger partial charge in [0.15, 0.2) is 0 Å². The number of hydrogen-bond donors (Lipinski definition) is 0. The summed E-state index contributed by atoms with van der Waals surface area (Å²) in [6, 6.07) is 19.2. The lowest BCUT2D eigenvalue weighted by Gasteiger charge is -2.39. The van der Waals surface area contributed by atoms with Crippen LogP contribution in [0.5, 0.6) is 0 Å². The Bertz CT molecular complexity index is 732. The monoisotopic (exact) mass is 379 g/mol. The summed E-state index contributed by atoms with van der Waals surface area (Å²) in [5.41, 5.74) is 3.34. The molecular formula is C24H33N3O. The Morgan fingerprint density at radius 2 is 1.43 bits per heavy atom. The van der Waals surface area contributed by atoms with Crippen molar-refractivity contribution in [2.24, 2.45) is 0 Å². The molecule has 0 radical (unpaired) electrons. The van der Waals surface area contributed by atoms with Crippen molar-refractivity contribution in [3.63, 3.8) is 0 Å². The highest BCUT2D eigenvalue weighted by Gasteiger charge is 2.26. The fourth-order valence-corrected chi connectivity index (χ4v) is 4.09. The summed E-state index contributed by atoms with van der Waals surface area (Å²) in [4.78, 5) is 19.6. The molecule has 0 saturated carbocycles. The van der Waals surface area contributed by atoms with E-state index >= 15 is 0 Å². The molecule has 4 heteroatoms.